The highest BCUT2D eigenvalue weighted by Crippen LogP contribution is 2.57. The molecule has 0 bridgehead atoms. The van der Waals surface area contributed by atoms with Crippen molar-refractivity contribution in [3.8, 4) is 11.5 Å². The lowest BCUT2D eigenvalue weighted by Crippen LogP contribution is -2.56. The van der Waals surface area contributed by atoms with Gasteiger partial charge in [0.2, 0.25) is 0 Å². The molecule has 200 valence electrons. The minimum absolute atomic E-state index is 0.155. The lowest BCUT2D eigenvalue weighted by molar-refractivity contribution is -0.165. The summed E-state index contributed by atoms with van der Waals surface area (Å²) < 4.78 is 14.1. The van der Waals surface area contributed by atoms with Crippen LogP contribution in [0.4, 0.5) is 22.7 Å². The summed E-state index contributed by atoms with van der Waals surface area (Å²) in [6, 6.07) is 29.5. The van der Waals surface area contributed by atoms with Gasteiger partial charge in [-0.1, -0.05) is 76.2 Å². The molecular formula is C35H38N2O2. The maximum absolute atomic E-state index is 7.07. The topological polar surface area (TPSA) is 42.5 Å². The standard InChI is InChI=1S/C35H38N2O2/c1-23-17-27-31(29(19-23)36-25-13-9-7-10-14-25)38-35(21-33(27,3)4)22-34(5,6)28-18-24(2)20-30(32(28)39-35)37-26-15-11-8-12-16-26/h7-20,36-37H,21-22H2,1-6H3. The van der Waals surface area contributed by atoms with Gasteiger partial charge in [-0.05, 0) is 61.4 Å². The van der Waals surface area contributed by atoms with E-state index in [0.717, 1.165) is 47.1 Å². The van der Waals surface area contributed by atoms with Gasteiger partial charge < -0.3 is 20.1 Å². The molecule has 4 aromatic carbocycles. The van der Waals surface area contributed by atoms with Crippen molar-refractivity contribution in [2.24, 2.45) is 0 Å². The molecule has 0 amide bonds. The maximum atomic E-state index is 7.07. The first kappa shape index (κ1) is 25.4. The van der Waals surface area contributed by atoms with E-state index >= 15 is 0 Å². The molecule has 2 heterocycles. The Morgan fingerprint density at radius 1 is 0.564 bits per heavy atom. The summed E-state index contributed by atoms with van der Waals surface area (Å²) in [5, 5.41) is 7.26. The first-order chi connectivity index (χ1) is 18.5. The van der Waals surface area contributed by atoms with E-state index in [1.807, 2.05) is 36.4 Å². The van der Waals surface area contributed by atoms with Gasteiger partial charge in [0.1, 0.15) is 0 Å². The number of rotatable bonds is 4. The fourth-order valence-corrected chi connectivity index (χ4v) is 6.45. The second-order valence-electron chi connectivity index (χ2n) is 12.6. The first-order valence-corrected chi connectivity index (χ1v) is 13.9. The molecule has 2 aliphatic rings. The van der Waals surface area contributed by atoms with Crippen molar-refractivity contribution in [2.75, 3.05) is 10.6 Å². The minimum Gasteiger partial charge on any atom is -0.450 e. The number of anilines is 4. The van der Waals surface area contributed by atoms with Crippen LogP contribution in [0, 0.1) is 13.8 Å². The van der Waals surface area contributed by atoms with Crippen LogP contribution in [0.15, 0.2) is 84.9 Å². The third kappa shape index (κ3) is 4.73. The molecule has 0 atom stereocenters. The molecule has 1 spiro atoms. The zero-order chi connectivity index (χ0) is 27.4. The Kier molecular flexibility index (Phi) is 5.91. The van der Waals surface area contributed by atoms with Crippen molar-refractivity contribution in [1.82, 2.24) is 0 Å². The Hall–Kier alpha value is -3.92. The van der Waals surface area contributed by atoms with Crippen molar-refractivity contribution in [1.29, 1.82) is 0 Å². The smallest absolute Gasteiger partial charge is 0.253 e. The van der Waals surface area contributed by atoms with Crippen LogP contribution < -0.4 is 20.1 Å². The van der Waals surface area contributed by atoms with Crippen LogP contribution in [0.1, 0.15) is 62.8 Å². The van der Waals surface area contributed by atoms with Crippen LogP contribution in [0.5, 0.6) is 11.5 Å². The Balaban J connectivity index is 1.46. The number of hydrogen-bond donors (Lipinski definition) is 2. The van der Waals surface area contributed by atoms with Crippen LogP contribution in [-0.2, 0) is 10.8 Å². The molecular weight excluding hydrogens is 480 g/mol. The molecule has 4 heteroatoms. The van der Waals surface area contributed by atoms with Crippen molar-refractivity contribution in [2.45, 2.75) is 71.0 Å². The fraction of sp³-hybridized carbons (Fsp3) is 0.314. The second-order valence-corrected chi connectivity index (χ2v) is 12.6. The number of ether oxygens (including phenoxy) is 2. The van der Waals surface area contributed by atoms with Gasteiger partial charge in [0.05, 0.1) is 11.4 Å². The zero-order valence-corrected chi connectivity index (χ0v) is 23.8. The van der Waals surface area contributed by atoms with Gasteiger partial charge in [-0.15, -0.1) is 0 Å². The van der Waals surface area contributed by atoms with Crippen molar-refractivity contribution in [3.63, 3.8) is 0 Å². The van der Waals surface area contributed by atoms with Crippen LogP contribution >= 0.6 is 0 Å². The lowest BCUT2D eigenvalue weighted by Gasteiger charge is -2.52. The summed E-state index contributed by atoms with van der Waals surface area (Å²) >= 11 is 0. The Morgan fingerprint density at radius 2 is 0.949 bits per heavy atom. The van der Waals surface area contributed by atoms with E-state index in [1.54, 1.807) is 0 Å². The average Bonchev–Trinajstić information content (AvgIpc) is 2.86. The normalized spacial score (nSPS) is 17.8. The molecule has 2 N–H and O–H groups in total. The summed E-state index contributed by atoms with van der Waals surface area (Å²) in [6.07, 6.45) is 1.51. The molecule has 0 saturated carbocycles. The van der Waals surface area contributed by atoms with Gasteiger partial charge in [0.15, 0.2) is 11.5 Å². The molecule has 0 radical (unpaired) electrons. The minimum atomic E-state index is -0.808. The molecule has 0 saturated heterocycles. The number of nitrogens with one attached hydrogen (secondary N) is 2. The lowest BCUT2D eigenvalue weighted by atomic mass is 9.68. The largest absolute Gasteiger partial charge is 0.450 e. The predicted molar refractivity (Wildman–Crippen MR) is 161 cm³/mol. The highest BCUT2D eigenvalue weighted by molar-refractivity contribution is 5.73. The van der Waals surface area contributed by atoms with Crippen LogP contribution in [0.2, 0.25) is 0 Å². The SMILES string of the molecule is Cc1cc(Nc2ccccc2)c2c(c1)C(C)(C)CC1(CC(C)(C)c3cc(C)cc(Nc4ccccc4)c3O1)O2. The van der Waals surface area contributed by atoms with E-state index in [-0.39, 0.29) is 10.8 Å². The highest BCUT2D eigenvalue weighted by Gasteiger charge is 2.54. The van der Waals surface area contributed by atoms with Gasteiger partial charge in [-0.2, -0.15) is 0 Å². The van der Waals surface area contributed by atoms with E-state index in [4.69, 9.17) is 9.47 Å². The fourth-order valence-electron chi connectivity index (χ4n) is 6.45. The number of aryl methyl sites for hydroxylation is 2. The summed E-state index contributed by atoms with van der Waals surface area (Å²) in [7, 11) is 0. The molecule has 2 aliphatic heterocycles. The van der Waals surface area contributed by atoms with E-state index in [0.29, 0.717) is 0 Å². The zero-order valence-electron chi connectivity index (χ0n) is 23.8. The van der Waals surface area contributed by atoms with Gasteiger partial charge >= 0.3 is 0 Å². The molecule has 0 fully saturated rings. The second kappa shape index (κ2) is 9.08. The highest BCUT2D eigenvalue weighted by atomic mass is 16.7. The summed E-state index contributed by atoms with van der Waals surface area (Å²) in [5.41, 5.74) is 8.55. The number of para-hydroxylation sites is 2. The van der Waals surface area contributed by atoms with Gasteiger partial charge in [-0.3, -0.25) is 0 Å². The molecule has 4 nitrogen and oxygen atoms in total. The number of hydrogen-bond acceptors (Lipinski definition) is 4. The summed E-state index contributed by atoms with van der Waals surface area (Å²) in [6.45, 7) is 13.5. The molecule has 6 rings (SSSR count). The number of fused-ring (bicyclic) bond motifs is 2. The van der Waals surface area contributed by atoms with Gasteiger partial charge in [0, 0.05) is 46.2 Å². The Labute approximate surface area is 232 Å². The molecule has 4 aromatic rings. The van der Waals surface area contributed by atoms with Crippen LogP contribution in [-0.4, -0.2) is 5.79 Å². The summed E-state index contributed by atoms with van der Waals surface area (Å²) in [5.74, 6) is 0.951. The monoisotopic (exact) mass is 518 g/mol. The quantitative estimate of drug-likeness (QED) is 0.282. The van der Waals surface area contributed by atoms with Crippen molar-refractivity contribution < 1.29 is 9.47 Å². The predicted octanol–water partition coefficient (Wildman–Crippen LogP) is 9.31. The maximum Gasteiger partial charge on any atom is 0.253 e. The Morgan fingerprint density at radius 3 is 1.33 bits per heavy atom. The van der Waals surface area contributed by atoms with Crippen LogP contribution in [0.25, 0.3) is 0 Å². The molecule has 0 unspecified atom stereocenters. The van der Waals surface area contributed by atoms with Gasteiger partial charge in [0.25, 0.3) is 5.79 Å². The van der Waals surface area contributed by atoms with E-state index in [1.165, 1.54) is 22.3 Å². The van der Waals surface area contributed by atoms with E-state index in [2.05, 4.69) is 101 Å². The van der Waals surface area contributed by atoms with Gasteiger partial charge in [-0.25, -0.2) is 0 Å². The third-order valence-electron chi connectivity index (χ3n) is 8.03. The molecule has 39 heavy (non-hydrogen) atoms. The van der Waals surface area contributed by atoms with Crippen molar-refractivity contribution in [3.05, 3.63) is 107 Å². The Bertz CT molecular complexity index is 1410. The van der Waals surface area contributed by atoms with E-state index < -0.39 is 5.79 Å². The first-order valence-electron chi connectivity index (χ1n) is 13.9. The molecule has 0 aliphatic carbocycles. The third-order valence-corrected chi connectivity index (χ3v) is 8.03. The van der Waals surface area contributed by atoms with Crippen molar-refractivity contribution >= 4 is 22.7 Å². The summed E-state index contributed by atoms with van der Waals surface area (Å²) in [4.78, 5) is 0. The van der Waals surface area contributed by atoms with E-state index in [9.17, 15) is 0 Å². The van der Waals surface area contributed by atoms with Crippen LogP contribution in [0.3, 0.4) is 0 Å². The molecule has 0 aromatic heterocycles. The number of benzene rings is 4. The average molecular weight is 519 g/mol.